The summed E-state index contributed by atoms with van der Waals surface area (Å²) in [5.41, 5.74) is -0.202. The number of rotatable bonds is 5. The molecule has 1 rings (SSSR count). The highest BCUT2D eigenvalue weighted by Gasteiger charge is 2.38. The normalized spacial score (nSPS) is 17.8. The Labute approximate surface area is 103 Å². The van der Waals surface area contributed by atoms with Crippen LogP contribution in [-0.2, 0) is 14.3 Å². The fraction of sp³-hybridized carbons (Fsp3) is 0.846. The third kappa shape index (κ3) is 3.45. The Morgan fingerprint density at radius 2 is 1.88 bits per heavy atom. The van der Waals surface area contributed by atoms with Gasteiger partial charge in [-0.25, -0.2) is 0 Å². The van der Waals surface area contributed by atoms with Crippen molar-refractivity contribution in [3.63, 3.8) is 0 Å². The highest BCUT2D eigenvalue weighted by molar-refractivity contribution is 5.83. The largest absolute Gasteiger partial charge is 0.469 e. The summed E-state index contributed by atoms with van der Waals surface area (Å²) in [6.07, 6.45) is 4.50. The Kier molecular flexibility index (Phi) is 4.97. The number of nitrogens with zero attached hydrogens (tertiary/aromatic N) is 1. The van der Waals surface area contributed by atoms with Gasteiger partial charge in [0, 0.05) is 18.5 Å². The van der Waals surface area contributed by atoms with Gasteiger partial charge in [-0.3, -0.25) is 9.59 Å². The van der Waals surface area contributed by atoms with Crippen LogP contribution in [-0.4, -0.2) is 37.0 Å². The fourth-order valence-corrected chi connectivity index (χ4v) is 2.48. The molecule has 17 heavy (non-hydrogen) atoms. The second-order valence-corrected chi connectivity index (χ2v) is 4.98. The van der Waals surface area contributed by atoms with Gasteiger partial charge in [-0.1, -0.05) is 19.8 Å². The van der Waals surface area contributed by atoms with Gasteiger partial charge in [-0.05, 0) is 19.8 Å². The van der Waals surface area contributed by atoms with Gasteiger partial charge in [0.25, 0.3) is 0 Å². The van der Waals surface area contributed by atoms with Gasteiger partial charge < -0.3 is 9.64 Å². The van der Waals surface area contributed by atoms with Crippen LogP contribution in [0.25, 0.3) is 0 Å². The molecule has 0 aromatic heterocycles. The van der Waals surface area contributed by atoms with Gasteiger partial charge in [-0.15, -0.1) is 0 Å². The lowest BCUT2D eigenvalue weighted by Gasteiger charge is -2.30. The van der Waals surface area contributed by atoms with Gasteiger partial charge in [0.2, 0.25) is 5.91 Å². The van der Waals surface area contributed by atoms with E-state index in [0.717, 1.165) is 25.7 Å². The molecule has 0 heterocycles. The first kappa shape index (κ1) is 14.0. The first-order valence-corrected chi connectivity index (χ1v) is 6.39. The van der Waals surface area contributed by atoms with Crippen LogP contribution in [0.1, 0.15) is 46.0 Å². The third-order valence-corrected chi connectivity index (χ3v) is 3.71. The molecule has 0 aromatic rings. The lowest BCUT2D eigenvalue weighted by Crippen LogP contribution is -2.42. The predicted octanol–water partition coefficient (Wildman–Crippen LogP) is 1.98. The monoisotopic (exact) mass is 241 g/mol. The van der Waals surface area contributed by atoms with Crippen LogP contribution in [0.4, 0.5) is 0 Å². The van der Waals surface area contributed by atoms with Crippen molar-refractivity contribution in [1.29, 1.82) is 0 Å². The molecular formula is C13H23NO3. The SMILES string of the molecule is CCN(CCC(=O)OC)C(=O)C1(C)CCCC1. The number of carbonyl (C=O) groups excluding carboxylic acids is 2. The maximum atomic E-state index is 12.4. The van der Waals surface area contributed by atoms with E-state index < -0.39 is 0 Å². The van der Waals surface area contributed by atoms with E-state index in [0.29, 0.717) is 13.1 Å². The lowest BCUT2D eigenvalue weighted by atomic mass is 9.87. The number of ether oxygens (including phenoxy) is 1. The molecule has 98 valence electrons. The second kappa shape index (κ2) is 6.03. The highest BCUT2D eigenvalue weighted by Crippen LogP contribution is 2.39. The van der Waals surface area contributed by atoms with E-state index in [2.05, 4.69) is 4.74 Å². The van der Waals surface area contributed by atoms with Crippen molar-refractivity contribution in [1.82, 2.24) is 4.90 Å². The number of esters is 1. The van der Waals surface area contributed by atoms with Gasteiger partial charge >= 0.3 is 5.97 Å². The van der Waals surface area contributed by atoms with E-state index in [-0.39, 0.29) is 23.7 Å². The second-order valence-electron chi connectivity index (χ2n) is 4.98. The van der Waals surface area contributed by atoms with Crippen molar-refractivity contribution in [2.75, 3.05) is 20.2 Å². The Balaban J connectivity index is 2.54. The standard InChI is InChI=1S/C13H23NO3/c1-4-14(10-7-11(15)17-3)12(16)13(2)8-5-6-9-13/h4-10H2,1-3H3. The number of carbonyl (C=O) groups is 2. The summed E-state index contributed by atoms with van der Waals surface area (Å²) in [5.74, 6) is -0.0609. The quantitative estimate of drug-likeness (QED) is 0.691. The van der Waals surface area contributed by atoms with Gasteiger partial charge in [0.15, 0.2) is 0 Å². The first-order chi connectivity index (χ1) is 8.03. The predicted molar refractivity (Wildman–Crippen MR) is 65.5 cm³/mol. The zero-order valence-electron chi connectivity index (χ0n) is 11.1. The van der Waals surface area contributed by atoms with Crippen LogP contribution >= 0.6 is 0 Å². The average Bonchev–Trinajstić information content (AvgIpc) is 2.77. The Hall–Kier alpha value is -1.06. The van der Waals surface area contributed by atoms with Crippen molar-refractivity contribution >= 4 is 11.9 Å². The lowest BCUT2D eigenvalue weighted by molar-refractivity contribution is -0.144. The maximum Gasteiger partial charge on any atom is 0.307 e. The van der Waals surface area contributed by atoms with Gasteiger partial charge in [0.1, 0.15) is 0 Å². The highest BCUT2D eigenvalue weighted by atomic mass is 16.5. The summed E-state index contributed by atoms with van der Waals surface area (Å²) >= 11 is 0. The molecule has 1 saturated carbocycles. The maximum absolute atomic E-state index is 12.4. The zero-order valence-corrected chi connectivity index (χ0v) is 11.1. The summed E-state index contributed by atoms with van der Waals surface area (Å²) in [4.78, 5) is 25.2. The topological polar surface area (TPSA) is 46.6 Å². The van der Waals surface area contributed by atoms with Crippen molar-refractivity contribution in [2.24, 2.45) is 5.41 Å². The Morgan fingerprint density at radius 1 is 1.29 bits per heavy atom. The Morgan fingerprint density at radius 3 is 2.35 bits per heavy atom. The molecular weight excluding hydrogens is 218 g/mol. The molecule has 0 N–H and O–H groups in total. The minimum atomic E-state index is -0.257. The molecule has 4 nitrogen and oxygen atoms in total. The molecule has 0 unspecified atom stereocenters. The van der Waals surface area contributed by atoms with E-state index in [1.807, 2.05) is 13.8 Å². The molecule has 1 amide bonds. The van der Waals surface area contributed by atoms with Crippen molar-refractivity contribution < 1.29 is 14.3 Å². The summed E-state index contributed by atoms with van der Waals surface area (Å²) in [5, 5.41) is 0. The van der Waals surface area contributed by atoms with Crippen molar-refractivity contribution in [3.05, 3.63) is 0 Å². The van der Waals surface area contributed by atoms with E-state index in [9.17, 15) is 9.59 Å². The molecule has 1 aliphatic carbocycles. The molecule has 4 heteroatoms. The van der Waals surface area contributed by atoms with Crippen molar-refractivity contribution in [3.8, 4) is 0 Å². The fourth-order valence-electron chi connectivity index (χ4n) is 2.48. The van der Waals surface area contributed by atoms with Gasteiger partial charge in [-0.2, -0.15) is 0 Å². The number of hydrogen-bond donors (Lipinski definition) is 0. The average molecular weight is 241 g/mol. The minimum Gasteiger partial charge on any atom is -0.469 e. The molecule has 0 bridgehead atoms. The summed E-state index contributed by atoms with van der Waals surface area (Å²) in [6, 6.07) is 0. The van der Waals surface area contributed by atoms with E-state index >= 15 is 0 Å². The van der Waals surface area contributed by atoms with Crippen LogP contribution in [0.3, 0.4) is 0 Å². The summed E-state index contributed by atoms with van der Waals surface area (Å²) < 4.78 is 4.60. The first-order valence-electron chi connectivity index (χ1n) is 6.39. The molecule has 1 aliphatic rings. The number of methoxy groups -OCH3 is 1. The molecule has 1 fully saturated rings. The molecule has 0 aromatic carbocycles. The van der Waals surface area contributed by atoms with Gasteiger partial charge in [0.05, 0.1) is 13.5 Å². The smallest absolute Gasteiger partial charge is 0.307 e. The zero-order chi connectivity index (χ0) is 12.9. The number of hydrogen-bond acceptors (Lipinski definition) is 3. The number of amides is 1. The summed E-state index contributed by atoms with van der Waals surface area (Å²) in [6.45, 7) is 5.12. The molecule has 0 radical (unpaired) electrons. The van der Waals surface area contributed by atoms with Crippen LogP contribution in [0, 0.1) is 5.41 Å². The Bertz CT molecular complexity index is 282. The van der Waals surface area contributed by atoms with Crippen LogP contribution in [0.5, 0.6) is 0 Å². The van der Waals surface area contributed by atoms with Crippen molar-refractivity contribution in [2.45, 2.75) is 46.0 Å². The van der Waals surface area contributed by atoms with Crippen LogP contribution in [0.2, 0.25) is 0 Å². The molecule has 0 saturated heterocycles. The van der Waals surface area contributed by atoms with Crippen LogP contribution in [0.15, 0.2) is 0 Å². The molecule has 0 atom stereocenters. The van der Waals surface area contributed by atoms with E-state index in [1.54, 1.807) is 4.90 Å². The van der Waals surface area contributed by atoms with Crippen LogP contribution < -0.4 is 0 Å². The summed E-state index contributed by atoms with van der Waals surface area (Å²) in [7, 11) is 1.37. The minimum absolute atomic E-state index is 0.196. The molecule has 0 spiro atoms. The third-order valence-electron chi connectivity index (χ3n) is 3.71. The molecule has 0 aliphatic heterocycles. The van der Waals surface area contributed by atoms with E-state index in [1.165, 1.54) is 7.11 Å². The van der Waals surface area contributed by atoms with E-state index in [4.69, 9.17) is 0 Å².